The molecular formula is C23H24N4O2S. The minimum Gasteiger partial charge on any atom is -0.391 e. The first-order chi connectivity index (χ1) is 14.6. The summed E-state index contributed by atoms with van der Waals surface area (Å²) in [5, 5.41) is 11.3. The predicted molar refractivity (Wildman–Crippen MR) is 120 cm³/mol. The fraction of sp³-hybridized carbons (Fsp3) is 0.348. The Morgan fingerprint density at radius 3 is 2.77 bits per heavy atom. The second kappa shape index (κ2) is 7.81. The minimum absolute atomic E-state index is 0.336. The van der Waals surface area contributed by atoms with Crippen molar-refractivity contribution < 1.29 is 9.90 Å². The number of carbonyl (C=O) groups excluding carboxylic acids is 1. The van der Waals surface area contributed by atoms with Crippen LogP contribution < -0.4 is 10.6 Å². The Balaban J connectivity index is 1.65. The first kappa shape index (κ1) is 19.2. The number of hydrogen-bond acceptors (Lipinski definition) is 6. The van der Waals surface area contributed by atoms with Crippen molar-refractivity contribution >= 4 is 45.4 Å². The van der Waals surface area contributed by atoms with E-state index in [2.05, 4.69) is 0 Å². The van der Waals surface area contributed by atoms with Gasteiger partial charge in [0.15, 0.2) is 5.82 Å². The highest BCUT2D eigenvalue weighted by Crippen LogP contribution is 2.41. The molecule has 7 heteroatoms. The van der Waals surface area contributed by atoms with Crippen molar-refractivity contribution in [1.82, 2.24) is 9.97 Å². The molecular weight excluding hydrogens is 396 g/mol. The van der Waals surface area contributed by atoms with E-state index >= 15 is 0 Å². The lowest BCUT2D eigenvalue weighted by molar-refractivity contribution is -0.119. The third-order valence-corrected chi connectivity index (χ3v) is 7.10. The van der Waals surface area contributed by atoms with Crippen LogP contribution >= 0.6 is 11.3 Å². The van der Waals surface area contributed by atoms with Crippen LogP contribution in [-0.2, 0) is 17.6 Å². The number of nitrogens with two attached hydrogens (primary N) is 1. The number of primary amides is 1. The van der Waals surface area contributed by atoms with Crippen LogP contribution in [0.25, 0.3) is 22.4 Å². The predicted octanol–water partition coefficient (Wildman–Crippen LogP) is 3.17. The first-order valence-electron chi connectivity index (χ1n) is 10.4. The molecule has 1 amide bonds. The third kappa shape index (κ3) is 3.48. The Morgan fingerprint density at radius 2 is 1.97 bits per heavy atom. The Bertz CT molecular complexity index is 1130. The van der Waals surface area contributed by atoms with Crippen molar-refractivity contribution in [2.75, 3.05) is 11.4 Å². The van der Waals surface area contributed by atoms with Gasteiger partial charge in [-0.25, -0.2) is 9.97 Å². The van der Waals surface area contributed by atoms with Gasteiger partial charge in [0.05, 0.1) is 11.5 Å². The summed E-state index contributed by atoms with van der Waals surface area (Å²) in [4.78, 5) is 26.0. The second-order valence-corrected chi connectivity index (χ2v) is 9.08. The fourth-order valence-corrected chi connectivity index (χ4v) is 5.75. The van der Waals surface area contributed by atoms with E-state index in [1.54, 1.807) is 11.3 Å². The Labute approximate surface area is 179 Å². The van der Waals surface area contributed by atoms with E-state index in [0.29, 0.717) is 18.8 Å². The summed E-state index contributed by atoms with van der Waals surface area (Å²) >= 11 is 1.73. The number of aliphatic hydroxyl groups excluding tert-OH is 1. The highest BCUT2D eigenvalue weighted by molar-refractivity contribution is 7.19. The van der Waals surface area contributed by atoms with E-state index in [9.17, 15) is 9.90 Å². The number of β-amino-alcohol motifs (C(OH)–C–C–N with tert-alkyl or cyclic N) is 1. The number of rotatable bonds is 4. The van der Waals surface area contributed by atoms with E-state index in [-0.39, 0.29) is 0 Å². The van der Waals surface area contributed by atoms with Crippen LogP contribution in [0, 0.1) is 0 Å². The molecule has 1 aliphatic carbocycles. The van der Waals surface area contributed by atoms with Gasteiger partial charge in [-0.05, 0) is 42.9 Å². The maximum atomic E-state index is 12.1. The van der Waals surface area contributed by atoms with Gasteiger partial charge in [0, 0.05) is 17.8 Å². The zero-order valence-electron chi connectivity index (χ0n) is 16.6. The molecule has 1 saturated heterocycles. The van der Waals surface area contributed by atoms with Gasteiger partial charge in [-0.3, -0.25) is 4.79 Å². The molecule has 154 valence electrons. The van der Waals surface area contributed by atoms with Crippen LogP contribution in [-0.4, -0.2) is 39.7 Å². The van der Waals surface area contributed by atoms with Gasteiger partial charge in [0.2, 0.25) is 5.91 Å². The number of carbonyl (C=O) groups is 1. The molecule has 1 aliphatic heterocycles. The number of benzene rings is 1. The Hall–Kier alpha value is -2.77. The van der Waals surface area contributed by atoms with Crippen molar-refractivity contribution in [1.29, 1.82) is 0 Å². The molecule has 0 saturated carbocycles. The van der Waals surface area contributed by atoms with Crippen LogP contribution in [0.5, 0.6) is 0 Å². The van der Waals surface area contributed by atoms with Gasteiger partial charge >= 0.3 is 0 Å². The van der Waals surface area contributed by atoms with E-state index in [1.807, 2.05) is 47.4 Å². The van der Waals surface area contributed by atoms with Gasteiger partial charge in [-0.1, -0.05) is 36.4 Å². The van der Waals surface area contributed by atoms with Gasteiger partial charge in [-0.2, -0.15) is 0 Å². The largest absolute Gasteiger partial charge is 0.391 e. The Kier molecular flexibility index (Phi) is 5.00. The van der Waals surface area contributed by atoms with Crippen molar-refractivity contribution in [3.05, 3.63) is 52.2 Å². The highest BCUT2D eigenvalue weighted by atomic mass is 32.1. The minimum atomic E-state index is -0.592. The quantitative estimate of drug-likeness (QED) is 0.676. The van der Waals surface area contributed by atoms with E-state index in [1.165, 1.54) is 16.9 Å². The number of aromatic nitrogens is 2. The number of aliphatic hydroxyl groups is 1. The molecule has 1 aromatic carbocycles. The molecule has 2 unspecified atom stereocenters. The number of fused-ring (bicyclic) bond motifs is 3. The highest BCUT2D eigenvalue weighted by Gasteiger charge is 2.37. The molecule has 3 N–H and O–H groups in total. The summed E-state index contributed by atoms with van der Waals surface area (Å²) in [6.07, 6.45) is 8.04. The number of aryl methyl sites for hydroxylation is 2. The molecule has 30 heavy (non-hydrogen) atoms. The lowest BCUT2D eigenvalue weighted by Crippen LogP contribution is -2.41. The average Bonchev–Trinajstić information content (AvgIpc) is 3.33. The topological polar surface area (TPSA) is 92.3 Å². The van der Waals surface area contributed by atoms with Crippen LogP contribution in [0.1, 0.15) is 41.1 Å². The summed E-state index contributed by atoms with van der Waals surface area (Å²) in [5.74, 6) is 0.904. The van der Waals surface area contributed by atoms with Crippen molar-refractivity contribution in [2.45, 2.75) is 44.2 Å². The lowest BCUT2D eigenvalue weighted by atomic mass is 9.97. The van der Waals surface area contributed by atoms with E-state index in [4.69, 9.17) is 15.7 Å². The number of thiophene rings is 1. The summed E-state index contributed by atoms with van der Waals surface area (Å²) in [6.45, 7) is 0.353. The number of hydrogen-bond donors (Lipinski definition) is 2. The molecule has 2 aromatic heterocycles. The number of anilines is 1. The average molecular weight is 421 g/mol. The summed E-state index contributed by atoms with van der Waals surface area (Å²) < 4.78 is 0. The normalized spacial score (nSPS) is 21.4. The molecule has 2 aliphatic rings. The van der Waals surface area contributed by atoms with Gasteiger partial charge in [0.1, 0.15) is 16.7 Å². The zero-order valence-corrected chi connectivity index (χ0v) is 17.4. The molecule has 0 radical (unpaired) electrons. The SMILES string of the molecule is NC(=O)C1CC(O)CN1c1nc(/C=C/c2ccccc2)nc2sc3c(c12)CCCC3. The number of nitrogens with zero attached hydrogens (tertiary/aromatic N) is 3. The standard InChI is InChI=1S/C23H24N4O2S/c24-21(29)17-12-15(28)13-27(17)22-20-16-8-4-5-9-18(16)30-23(20)26-19(25-22)11-10-14-6-2-1-3-7-14/h1-3,6-7,10-11,15,17,28H,4-5,8-9,12-13H2,(H2,24,29)/b11-10+. The monoisotopic (exact) mass is 420 g/mol. The van der Waals surface area contributed by atoms with Gasteiger partial charge in [0.25, 0.3) is 0 Å². The summed E-state index contributed by atoms with van der Waals surface area (Å²) in [6, 6.07) is 9.47. The summed E-state index contributed by atoms with van der Waals surface area (Å²) in [5.41, 5.74) is 8.05. The fourth-order valence-electron chi connectivity index (χ4n) is 4.49. The Morgan fingerprint density at radius 1 is 1.17 bits per heavy atom. The second-order valence-electron chi connectivity index (χ2n) is 8.00. The first-order valence-corrected chi connectivity index (χ1v) is 11.2. The molecule has 1 fully saturated rings. The zero-order chi connectivity index (χ0) is 20.7. The molecule has 3 aromatic rings. The maximum Gasteiger partial charge on any atom is 0.240 e. The van der Waals surface area contributed by atoms with E-state index < -0.39 is 18.1 Å². The maximum absolute atomic E-state index is 12.1. The smallest absolute Gasteiger partial charge is 0.240 e. The molecule has 5 rings (SSSR count). The van der Waals surface area contributed by atoms with Crippen LogP contribution in [0.4, 0.5) is 5.82 Å². The molecule has 0 bridgehead atoms. The van der Waals surface area contributed by atoms with Crippen LogP contribution in [0.2, 0.25) is 0 Å². The number of amides is 1. The van der Waals surface area contributed by atoms with Gasteiger partial charge in [-0.15, -0.1) is 11.3 Å². The van der Waals surface area contributed by atoms with E-state index in [0.717, 1.165) is 40.9 Å². The molecule has 0 spiro atoms. The van der Waals surface area contributed by atoms with Crippen molar-refractivity contribution in [2.24, 2.45) is 5.73 Å². The van der Waals surface area contributed by atoms with Crippen LogP contribution in [0.15, 0.2) is 30.3 Å². The van der Waals surface area contributed by atoms with Crippen LogP contribution in [0.3, 0.4) is 0 Å². The molecule has 2 atom stereocenters. The summed E-state index contributed by atoms with van der Waals surface area (Å²) in [7, 11) is 0. The van der Waals surface area contributed by atoms with Crippen molar-refractivity contribution in [3.8, 4) is 0 Å². The molecule has 3 heterocycles. The lowest BCUT2D eigenvalue weighted by Gasteiger charge is -2.24. The molecule has 6 nitrogen and oxygen atoms in total. The van der Waals surface area contributed by atoms with Crippen molar-refractivity contribution in [3.63, 3.8) is 0 Å². The third-order valence-electron chi connectivity index (χ3n) is 5.92. The van der Waals surface area contributed by atoms with Gasteiger partial charge < -0.3 is 15.7 Å².